The molecule has 27 heavy (non-hydrogen) atoms. The number of nitrogens with zero attached hydrogens (tertiary/aromatic N) is 5. The van der Waals surface area contributed by atoms with Crippen LogP contribution in [0.5, 0.6) is 5.75 Å². The second kappa shape index (κ2) is 8.48. The lowest BCUT2D eigenvalue weighted by Crippen LogP contribution is -2.26. The van der Waals surface area contributed by atoms with Gasteiger partial charge in [-0.3, -0.25) is 9.48 Å². The standard InChI is InChI=1S/C19H23N5O3/c1-4-24-13-14(11-20-24)12-23(2)18(25)10-9-17-21-19(22-27-17)15-7-5-6-8-16(15)26-3/h5-8,11,13H,4,9-10,12H2,1-3H3. The largest absolute Gasteiger partial charge is 0.496 e. The number of aryl methyl sites for hydroxylation is 2. The van der Waals surface area contributed by atoms with Crippen LogP contribution < -0.4 is 4.74 Å². The van der Waals surface area contributed by atoms with E-state index >= 15 is 0 Å². The number of rotatable bonds is 8. The van der Waals surface area contributed by atoms with Gasteiger partial charge in [0.05, 0.1) is 18.9 Å². The predicted molar refractivity (Wildman–Crippen MR) is 99.0 cm³/mol. The highest BCUT2D eigenvalue weighted by Gasteiger charge is 2.15. The molecule has 2 aromatic heterocycles. The van der Waals surface area contributed by atoms with Crippen LogP contribution in [0.15, 0.2) is 41.2 Å². The van der Waals surface area contributed by atoms with Crippen molar-refractivity contribution in [2.75, 3.05) is 14.2 Å². The number of methoxy groups -OCH3 is 1. The first-order chi connectivity index (χ1) is 13.1. The van der Waals surface area contributed by atoms with Crippen LogP contribution in [-0.4, -0.2) is 44.9 Å². The molecule has 1 amide bonds. The number of hydrogen-bond acceptors (Lipinski definition) is 6. The van der Waals surface area contributed by atoms with Crippen LogP contribution in [0, 0.1) is 0 Å². The molecule has 0 saturated heterocycles. The van der Waals surface area contributed by atoms with E-state index < -0.39 is 0 Å². The van der Waals surface area contributed by atoms with Gasteiger partial charge in [-0.2, -0.15) is 10.1 Å². The van der Waals surface area contributed by atoms with Crippen molar-refractivity contribution in [3.05, 3.63) is 48.1 Å². The van der Waals surface area contributed by atoms with Gasteiger partial charge >= 0.3 is 0 Å². The molecule has 0 aliphatic carbocycles. The second-order valence-electron chi connectivity index (χ2n) is 6.17. The molecule has 0 spiro atoms. The number of benzene rings is 1. The van der Waals surface area contributed by atoms with Gasteiger partial charge in [0.1, 0.15) is 5.75 Å². The van der Waals surface area contributed by atoms with Gasteiger partial charge in [-0.1, -0.05) is 17.3 Å². The molecule has 3 aromatic rings. The molecular formula is C19H23N5O3. The molecule has 0 bridgehead atoms. The Morgan fingerprint density at radius 1 is 1.33 bits per heavy atom. The topological polar surface area (TPSA) is 86.3 Å². The summed E-state index contributed by atoms with van der Waals surface area (Å²) in [6, 6.07) is 7.46. The SMILES string of the molecule is CCn1cc(CN(C)C(=O)CCc2nc(-c3ccccc3OC)no2)cn1. The second-order valence-corrected chi connectivity index (χ2v) is 6.17. The van der Waals surface area contributed by atoms with Crippen molar-refractivity contribution >= 4 is 5.91 Å². The Bertz CT molecular complexity index is 902. The van der Waals surface area contributed by atoms with Crippen molar-refractivity contribution in [1.82, 2.24) is 24.8 Å². The Balaban J connectivity index is 1.57. The monoisotopic (exact) mass is 369 g/mol. The molecule has 0 fully saturated rings. The summed E-state index contributed by atoms with van der Waals surface area (Å²) in [6.45, 7) is 3.35. The van der Waals surface area contributed by atoms with E-state index in [1.165, 1.54) is 0 Å². The minimum atomic E-state index is 0.0105. The summed E-state index contributed by atoms with van der Waals surface area (Å²) < 4.78 is 12.4. The van der Waals surface area contributed by atoms with Gasteiger partial charge in [-0.15, -0.1) is 0 Å². The van der Waals surface area contributed by atoms with E-state index in [0.29, 0.717) is 36.9 Å². The van der Waals surface area contributed by atoms with Crippen LogP contribution in [0.4, 0.5) is 0 Å². The third kappa shape index (κ3) is 4.52. The Morgan fingerprint density at radius 3 is 2.89 bits per heavy atom. The Labute approximate surface area is 157 Å². The molecule has 0 atom stereocenters. The maximum atomic E-state index is 12.4. The lowest BCUT2D eigenvalue weighted by molar-refractivity contribution is -0.130. The number of ether oxygens (including phenoxy) is 1. The Kier molecular flexibility index (Phi) is 5.85. The van der Waals surface area contributed by atoms with E-state index in [9.17, 15) is 4.79 Å². The number of aromatic nitrogens is 4. The number of carbonyl (C=O) groups excluding carboxylic acids is 1. The lowest BCUT2D eigenvalue weighted by atomic mass is 10.2. The molecule has 0 radical (unpaired) electrons. The predicted octanol–water partition coefficient (Wildman–Crippen LogP) is 2.55. The molecule has 8 heteroatoms. The van der Waals surface area contributed by atoms with E-state index in [1.807, 2.05) is 42.1 Å². The van der Waals surface area contributed by atoms with Crippen molar-refractivity contribution in [3.63, 3.8) is 0 Å². The van der Waals surface area contributed by atoms with E-state index in [0.717, 1.165) is 17.7 Å². The zero-order valence-electron chi connectivity index (χ0n) is 15.8. The summed E-state index contributed by atoms with van der Waals surface area (Å²) in [5, 5.41) is 8.22. The van der Waals surface area contributed by atoms with Crippen LogP contribution in [0.25, 0.3) is 11.4 Å². The van der Waals surface area contributed by atoms with Gasteiger partial charge in [0.2, 0.25) is 17.6 Å². The third-order valence-electron chi connectivity index (χ3n) is 4.22. The molecule has 8 nitrogen and oxygen atoms in total. The van der Waals surface area contributed by atoms with Crippen molar-refractivity contribution in [3.8, 4) is 17.1 Å². The highest BCUT2D eigenvalue weighted by atomic mass is 16.5. The summed E-state index contributed by atoms with van der Waals surface area (Å²) in [6.07, 6.45) is 4.41. The first-order valence-electron chi connectivity index (χ1n) is 8.82. The van der Waals surface area contributed by atoms with Crippen molar-refractivity contribution in [1.29, 1.82) is 0 Å². The smallest absolute Gasteiger partial charge is 0.227 e. The molecular weight excluding hydrogens is 346 g/mol. The number of amides is 1. The number of carbonyl (C=O) groups is 1. The van der Waals surface area contributed by atoms with Gasteiger partial charge in [-0.25, -0.2) is 0 Å². The number of para-hydroxylation sites is 1. The molecule has 0 unspecified atom stereocenters. The van der Waals surface area contributed by atoms with Crippen molar-refractivity contribution < 1.29 is 14.1 Å². The average molecular weight is 369 g/mol. The van der Waals surface area contributed by atoms with Crippen molar-refractivity contribution in [2.45, 2.75) is 32.9 Å². The molecule has 142 valence electrons. The fourth-order valence-electron chi connectivity index (χ4n) is 2.72. The molecule has 0 aliphatic rings. The van der Waals surface area contributed by atoms with E-state index in [-0.39, 0.29) is 5.91 Å². The van der Waals surface area contributed by atoms with E-state index in [4.69, 9.17) is 9.26 Å². The average Bonchev–Trinajstić information content (AvgIpc) is 3.35. The maximum absolute atomic E-state index is 12.4. The lowest BCUT2D eigenvalue weighted by Gasteiger charge is -2.15. The van der Waals surface area contributed by atoms with Crippen LogP contribution >= 0.6 is 0 Å². The van der Waals surface area contributed by atoms with E-state index in [1.54, 1.807) is 25.3 Å². The van der Waals surface area contributed by atoms with Gasteiger partial charge in [0, 0.05) is 44.7 Å². The first kappa shape index (κ1) is 18.6. The van der Waals surface area contributed by atoms with Crippen LogP contribution in [0.2, 0.25) is 0 Å². The quantitative estimate of drug-likeness (QED) is 0.606. The van der Waals surface area contributed by atoms with Crippen LogP contribution in [-0.2, 0) is 24.3 Å². The molecule has 2 heterocycles. The Hall–Kier alpha value is -3.16. The third-order valence-corrected chi connectivity index (χ3v) is 4.22. The first-order valence-corrected chi connectivity index (χ1v) is 8.82. The molecule has 0 saturated carbocycles. The van der Waals surface area contributed by atoms with Crippen molar-refractivity contribution in [2.24, 2.45) is 0 Å². The maximum Gasteiger partial charge on any atom is 0.227 e. The summed E-state index contributed by atoms with van der Waals surface area (Å²) in [5.74, 6) is 1.57. The van der Waals surface area contributed by atoms with E-state index in [2.05, 4.69) is 15.2 Å². The zero-order chi connectivity index (χ0) is 19.2. The molecule has 0 N–H and O–H groups in total. The fourth-order valence-corrected chi connectivity index (χ4v) is 2.72. The van der Waals surface area contributed by atoms with Gasteiger partial charge in [0.15, 0.2) is 0 Å². The Morgan fingerprint density at radius 2 is 2.15 bits per heavy atom. The summed E-state index contributed by atoms with van der Waals surface area (Å²) >= 11 is 0. The fraction of sp³-hybridized carbons (Fsp3) is 0.368. The van der Waals surface area contributed by atoms with Crippen LogP contribution in [0.1, 0.15) is 24.8 Å². The minimum absolute atomic E-state index is 0.0105. The molecule has 0 aliphatic heterocycles. The number of hydrogen-bond donors (Lipinski definition) is 0. The summed E-state index contributed by atoms with van der Waals surface area (Å²) in [4.78, 5) is 18.4. The summed E-state index contributed by atoms with van der Waals surface area (Å²) in [5.41, 5.74) is 1.76. The van der Waals surface area contributed by atoms with Gasteiger partial charge < -0.3 is 14.2 Å². The molecule has 1 aromatic carbocycles. The normalized spacial score (nSPS) is 10.8. The summed E-state index contributed by atoms with van der Waals surface area (Å²) in [7, 11) is 3.37. The van der Waals surface area contributed by atoms with Gasteiger partial charge in [-0.05, 0) is 19.1 Å². The molecule has 3 rings (SSSR count). The van der Waals surface area contributed by atoms with Crippen LogP contribution in [0.3, 0.4) is 0 Å². The van der Waals surface area contributed by atoms with Gasteiger partial charge in [0.25, 0.3) is 0 Å². The highest BCUT2D eigenvalue weighted by molar-refractivity contribution is 5.76. The highest BCUT2D eigenvalue weighted by Crippen LogP contribution is 2.27. The minimum Gasteiger partial charge on any atom is -0.496 e. The zero-order valence-corrected chi connectivity index (χ0v) is 15.8.